The molecule has 0 aromatic carbocycles. The van der Waals surface area contributed by atoms with E-state index in [-0.39, 0.29) is 0 Å². The highest BCUT2D eigenvalue weighted by Gasteiger charge is 2.29. The highest BCUT2D eigenvalue weighted by atomic mass is 14.9. The van der Waals surface area contributed by atoms with Crippen molar-refractivity contribution in [2.45, 2.75) is 71.8 Å². The summed E-state index contributed by atoms with van der Waals surface area (Å²) in [5, 5.41) is 3.69. The zero-order valence-electron chi connectivity index (χ0n) is 10.2. The minimum atomic E-state index is 0.510. The minimum Gasteiger partial charge on any atom is -0.313 e. The normalized spacial score (nSPS) is 23.8. The summed E-state index contributed by atoms with van der Waals surface area (Å²) in [6, 6.07) is 0.771. The van der Waals surface area contributed by atoms with Crippen molar-refractivity contribution in [2.24, 2.45) is 5.41 Å². The lowest BCUT2D eigenvalue weighted by Gasteiger charge is -2.38. The van der Waals surface area contributed by atoms with Gasteiger partial charge >= 0.3 is 0 Å². The summed E-state index contributed by atoms with van der Waals surface area (Å²) in [6.45, 7) is 8.39. The molecule has 1 aliphatic rings. The zero-order chi connectivity index (χ0) is 10.4. The highest BCUT2D eigenvalue weighted by Crippen LogP contribution is 2.32. The second-order valence-corrected chi connectivity index (χ2v) is 5.45. The smallest absolute Gasteiger partial charge is 0.0118 e. The molecule has 1 fully saturated rings. The molecule has 0 aromatic heterocycles. The van der Waals surface area contributed by atoms with Gasteiger partial charge in [-0.3, -0.25) is 0 Å². The van der Waals surface area contributed by atoms with Crippen molar-refractivity contribution in [1.29, 1.82) is 0 Å². The Labute approximate surface area is 89.7 Å². The maximum Gasteiger partial charge on any atom is 0.0118 e. The largest absolute Gasteiger partial charge is 0.313 e. The molecule has 1 nitrogen and oxygen atoms in total. The first-order valence-corrected chi connectivity index (χ1v) is 6.40. The van der Waals surface area contributed by atoms with Gasteiger partial charge in [-0.2, -0.15) is 0 Å². The van der Waals surface area contributed by atoms with Crippen LogP contribution in [-0.2, 0) is 0 Å². The Morgan fingerprint density at radius 1 is 1.21 bits per heavy atom. The number of piperidine rings is 1. The van der Waals surface area contributed by atoms with Gasteiger partial charge in [-0.05, 0) is 31.2 Å². The summed E-state index contributed by atoms with van der Waals surface area (Å²) in [7, 11) is 0. The number of hydrogen-bond acceptors (Lipinski definition) is 1. The summed E-state index contributed by atoms with van der Waals surface area (Å²) >= 11 is 0. The van der Waals surface area contributed by atoms with E-state index in [4.69, 9.17) is 0 Å². The Bertz CT molecular complexity index is 145. The maximum atomic E-state index is 3.69. The Morgan fingerprint density at radius 2 is 2.00 bits per heavy atom. The van der Waals surface area contributed by atoms with Crippen LogP contribution in [0.4, 0.5) is 0 Å². The van der Waals surface area contributed by atoms with Gasteiger partial charge in [0.25, 0.3) is 0 Å². The SMILES string of the molecule is CCCCCC(C)(C)C1CCCCN1. The molecule has 84 valence electrons. The molecule has 1 aliphatic heterocycles. The van der Waals surface area contributed by atoms with Crippen LogP contribution in [0.25, 0.3) is 0 Å². The van der Waals surface area contributed by atoms with Crippen LogP contribution in [0.3, 0.4) is 0 Å². The van der Waals surface area contributed by atoms with Crippen LogP contribution in [0.15, 0.2) is 0 Å². The van der Waals surface area contributed by atoms with Crippen LogP contribution < -0.4 is 5.32 Å². The average molecular weight is 197 g/mol. The Kier molecular flexibility index (Phi) is 4.94. The van der Waals surface area contributed by atoms with Crippen molar-refractivity contribution in [1.82, 2.24) is 5.32 Å². The topological polar surface area (TPSA) is 12.0 Å². The fourth-order valence-electron chi connectivity index (χ4n) is 2.52. The fourth-order valence-corrected chi connectivity index (χ4v) is 2.52. The molecule has 1 unspecified atom stereocenters. The van der Waals surface area contributed by atoms with E-state index in [0.29, 0.717) is 5.41 Å². The van der Waals surface area contributed by atoms with Crippen molar-refractivity contribution in [3.63, 3.8) is 0 Å². The zero-order valence-corrected chi connectivity index (χ0v) is 10.2. The van der Waals surface area contributed by atoms with E-state index in [2.05, 4.69) is 26.1 Å². The van der Waals surface area contributed by atoms with Gasteiger partial charge in [-0.1, -0.05) is 46.5 Å². The first-order chi connectivity index (χ1) is 6.67. The third-order valence-corrected chi connectivity index (χ3v) is 3.68. The Balaban J connectivity index is 2.29. The van der Waals surface area contributed by atoms with Crippen LogP contribution in [0.1, 0.15) is 65.7 Å². The summed E-state index contributed by atoms with van der Waals surface area (Å²) in [5.41, 5.74) is 0.510. The summed E-state index contributed by atoms with van der Waals surface area (Å²) in [4.78, 5) is 0. The van der Waals surface area contributed by atoms with Gasteiger partial charge < -0.3 is 5.32 Å². The molecule has 1 rings (SSSR count). The van der Waals surface area contributed by atoms with Crippen molar-refractivity contribution in [3.8, 4) is 0 Å². The third kappa shape index (κ3) is 3.61. The molecular weight excluding hydrogens is 170 g/mol. The molecule has 0 aromatic rings. The van der Waals surface area contributed by atoms with Crippen LogP contribution in [0.2, 0.25) is 0 Å². The van der Waals surface area contributed by atoms with Gasteiger partial charge in [-0.25, -0.2) is 0 Å². The Morgan fingerprint density at radius 3 is 2.57 bits per heavy atom. The number of nitrogens with one attached hydrogen (secondary N) is 1. The van der Waals surface area contributed by atoms with Crippen LogP contribution in [-0.4, -0.2) is 12.6 Å². The lowest BCUT2D eigenvalue weighted by molar-refractivity contribution is 0.184. The van der Waals surface area contributed by atoms with Crippen molar-refractivity contribution < 1.29 is 0 Å². The lowest BCUT2D eigenvalue weighted by Crippen LogP contribution is -2.44. The molecule has 0 radical (unpaired) electrons. The molecule has 0 spiro atoms. The van der Waals surface area contributed by atoms with Crippen LogP contribution in [0, 0.1) is 5.41 Å². The summed E-state index contributed by atoms with van der Waals surface area (Å²) < 4.78 is 0. The molecule has 14 heavy (non-hydrogen) atoms. The first kappa shape index (κ1) is 12.0. The Hall–Kier alpha value is -0.0400. The molecule has 1 saturated heterocycles. The van der Waals surface area contributed by atoms with Gasteiger partial charge in [0.2, 0.25) is 0 Å². The second-order valence-electron chi connectivity index (χ2n) is 5.45. The quantitative estimate of drug-likeness (QED) is 0.662. The number of rotatable bonds is 5. The number of unbranched alkanes of at least 4 members (excludes halogenated alkanes) is 2. The van der Waals surface area contributed by atoms with Gasteiger partial charge in [0.15, 0.2) is 0 Å². The summed E-state index contributed by atoms with van der Waals surface area (Å²) in [6.07, 6.45) is 9.72. The predicted molar refractivity (Wildman–Crippen MR) is 63.6 cm³/mol. The average Bonchev–Trinajstić information content (AvgIpc) is 2.19. The highest BCUT2D eigenvalue weighted by molar-refractivity contribution is 4.86. The van der Waals surface area contributed by atoms with Crippen molar-refractivity contribution in [2.75, 3.05) is 6.54 Å². The van der Waals surface area contributed by atoms with Gasteiger partial charge in [0, 0.05) is 6.04 Å². The molecule has 0 saturated carbocycles. The van der Waals surface area contributed by atoms with Crippen LogP contribution >= 0.6 is 0 Å². The monoisotopic (exact) mass is 197 g/mol. The lowest BCUT2D eigenvalue weighted by atomic mass is 9.76. The van der Waals surface area contributed by atoms with E-state index in [1.807, 2.05) is 0 Å². The van der Waals surface area contributed by atoms with Crippen LogP contribution in [0.5, 0.6) is 0 Å². The van der Waals surface area contributed by atoms with E-state index in [1.54, 1.807) is 0 Å². The molecule has 0 bridgehead atoms. The predicted octanol–water partition coefficient (Wildman–Crippen LogP) is 3.74. The minimum absolute atomic E-state index is 0.510. The standard InChI is InChI=1S/C13H27N/c1-4-5-7-10-13(2,3)12-9-6-8-11-14-12/h12,14H,4-11H2,1-3H3. The van der Waals surface area contributed by atoms with E-state index in [1.165, 1.54) is 51.5 Å². The molecule has 1 atom stereocenters. The molecular formula is C13H27N. The van der Waals surface area contributed by atoms with E-state index < -0.39 is 0 Å². The van der Waals surface area contributed by atoms with Gasteiger partial charge in [0.05, 0.1) is 0 Å². The molecule has 1 heteroatoms. The van der Waals surface area contributed by atoms with Gasteiger partial charge in [-0.15, -0.1) is 0 Å². The molecule has 0 aliphatic carbocycles. The van der Waals surface area contributed by atoms with Crippen molar-refractivity contribution >= 4 is 0 Å². The third-order valence-electron chi connectivity index (χ3n) is 3.68. The second kappa shape index (κ2) is 5.75. The molecule has 0 amide bonds. The van der Waals surface area contributed by atoms with Gasteiger partial charge in [0.1, 0.15) is 0 Å². The van der Waals surface area contributed by atoms with E-state index >= 15 is 0 Å². The van der Waals surface area contributed by atoms with E-state index in [9.17, 15) is 0 Å². The molecule has 1 N–H and O–H groups in total. The molecule has 1 heterocycles. The first-order valence-electron chi connectivity index (χ1n) is 6.40. The maximum absolute atomic E-state index is 3.69. The van der Waals surface area contributed by atoms with E-state index in [0.717, 1.165) is 6.04 Å². The number of hydrogen-bond donors (Lipinski definition) is 1. The fraction of sp³-hybridized carbons (Fsp3) is 1.00. The van der Waals surface area contributed by atoms with Crippen molar-refractivity contribution in [3.05, 3.63) is 0 Å². The summed E-state index contributed by atoms with van der Waals surface area (Å²) in [5.74, 6) is 0.